The first-order valence-corrected chi connectivity index (χ1v) is 9.74. The van der Waals surface area contributed by atoms with Crippen LogP contribution in [0.2, 0.25) is 0 Å². The van der Waals surface area contributed by atoms with Gasteiger partial charge < -0.3 is 4.90 Å². The fraction of sp³-hybridized carbons (Fsp3) is 0.211. The van der Waals surface area contributed by atoms with Crippen molar-refractivity contribution in [3.63, 3.8) is 0 Å². The third kappa shape index (κ3) is 4.37. The van der Waals surface area contributed by atoms with Crippen molar-refractivity contribution in [2.24, 2.45) is 0 Å². The van der Waals surface area contributed by atoms with Gasteiger partial charge in [-0.1, -0.05) is 18.2 Å². The van der Waals surface area contributed by atoms with Gasteiger partial charge in [-0.05, 0) is 59.8 Å². The molecule has 0 spiro atoms. The highest BCUT2D eigenvalue weighted by atomic mass is 127. The lowest BCUT2D eigenvalue weighted by molar-refractivity contribution is -0.137. The Morgan fingerprint density at radius 2 is 1.81 bits per heavy atom. The molecule has 0 saturated heterocycles. The molecule has 0 aliphatic carbocycles. The van der Waals surface area contributed by atoms with Crippen LogP contribution in [-0.2, 0) is 12.7 Å². The molecule has 0 amide bonds. The van der Waals surface area contributed by atoms with Crippen molar-refractivity contribution < 1.29 is 13.2 Å². The largest absolute Gasteiger partial charge is 0.416 e. The van der Waals surface area contributed by atoms with Gasteiger partial charge in [0.05, 0.1) is 17.8 Å². The maximum absolute atomic E-state index is 12.7. The number of aryl methyl sites for hydroxylation is 1. The smallest absolute Gasteiger partial charge is 0.369 e. The zero-order valence-corrected chi connectivity index (χ0v) is 17.1. The first-order valence-electron chi connectivity index (χ1n) is 7.84. The average Bonchev–Trinajstić information content (AvgIpc) is 2.95. The van der Waals surface area contributed by atoms with Gasteiger partial charge in [0.25, 0.3) is 0 Å². The van der Waals surface area contributed by atoms with E-state index in [1.165, 1.54) is 27.0 Å². The van der Waals surface area contributed by atoms with Crippen LogP contribution >= 0.6 is 33.9 Å². The van der Waals surface area contributed by atoms with Crippen LogP contribution in [0.15, 0.2) is 48.5 Å². The molecule has 1 heterocycles. The fourth-order valence-corrected chi connectivity index (χ4v) is 4.17. The predicted octanol–water partition coefficient (Wildman–Crippen LogP) is 6.38. The van der Waals surface area contributed by atoms with Gasteiger partial charge in [0, 0.05) is 26.7 Å². The van der Waals surface area contributed by atoms with Gasteiger partial charge in [0.2, 0.25) is 0 Å². The van der Waals surface area contributed by atoms with Gasteiger partial charge in [-0.25, -0.2) is 4.98 Å². The van der Waals surface area contributed by atoms with Crippen molar-refractivity contribution in [2.75, 3.05) is 11.9 Å². The molecule has 7 heteroatoms. The van der Waals surface area contributed by atoms with Gasteiger partial charge >= 0.3 is 6.18 Å². The van der Waals surface area contributed by atoms with E-state index in [1.54, 1.807) is 0 Å². The van der Waals surface area contributed by atoms with E-state index in [-0.39, 0.29) is 0 Å². The number of alkyl halides is 3. The topological polar surface area (TPSA) is 16.1 Å². The minimum Gasteiger partial charge on any atom is -0.369 e. The number of hydrogen-bond acceptors (Lipinski definition) is 3. The molecule has 0 bridgehead atoms. The first-order chi connectivity index (χ1) is 12.2. The van der Waals surface area contributed by atoms with E-state index < -0.39 is 11.7 Å². The second-order valence-electron chi connectivity index (χ2n) is 5.94. The van der Waals surface area contributed by atoms with Gasteiger partial charge in [-0.15, -0.1) is 11.3 Å². The van der Waals surface area contributed by atoms with Crippen molar-refractivity contribution in [1.29, 1.82) is 0 Å². The summed E-state index contributed by atoms with van der Waals surface area (Å²) < 4.78 is 39.3. The molecule has 2 aromatic carbocycles. The molecule has 0 radical (unpaired) electrons. The number of thiazole rings is 1. The van der Waals surface area contributed by atoms with Crippen LogP contribution in [-0.4, -0.2) is 12.0 Å². The van der Waals surface area contributed by atoms with Crippen molar-refractivity contribution in [1.82, 2.24) is 4.98 Å². The molecular weight excluding hydrogens is 472 g/mol. The van der Waals surface area contributed by atoms with Gasteiger partial charge in [-0.2, -0.15) is 13.2 Å². The fourth-order valence-electron chi connectivity index (χ4n) is 2.52. The highest BCUT2D eigenvalue weighted by Gasteiger charge is 2.30. The Hall–Kier alpha value is -1.61. The van der Waals surface area contributed by atoms with E-state index in [4.69, 9.17) is 0 Å². The molecule has 1 aromatic heterocycles. The minimum absolute atomic E-state index is 0.645. The van der Waals surface area contributed by atoms with Crippen molar-refractivity contribution in [3.05, 3.63) is 68.2 Å². The Kier molecular flexibility index (Phi) is 5.57. The summed E-state index contributed by atoms with van der Waals surface area (Å²) >= 11 is 3.80. The maximum atomic E-state index is 12.7. The zero-order chi connectivity index (χ0) is 18.9. The minimum atomic E-state index is -4.32. The van der Waals surface area contributed by atoms with E-state index in [1.807, 2.05) is 26.1 Å². The van der Waals surface area contributed by atoms with Crippen molar-refractivity contribution in [2.45, 2.75) is 19.6 Å². The average molecular weight is 488 g/mol. The summed E-state index contributed by atoms with van der Waals surface area (Å²) in [4.78, 5) is 7.78. The molecule has 136 valence electrons. The molecule has 0 unspecified atom stereocenters. The van der Waals surface area contributed by atoms with Crippen LogP contribution in [0, 0.1) is 10.5 Å². The van der Waals surface area contributed by atoms with E-state index in [2.05, 4.69) is 44.6 Å². The summed E-state index contributed by atoms with van der Waals surface area (Å²) in [5, 5.41) is 0.738. The van der Waals surface area contributed by atoms with Gasteiger partial charge in [0.1, 0.15) is 5.01 Å². The summed E-state index contributed by atoms with van der Waals surface area (Å²) in [5.41, 5.74) is 2.07. The lowest BCUT2D eigenvalue weighted by Crippen LogP contribution is -2.16. The molecule has 0 atom stereocenters. The molecule has 0 aliphatic heterocycles. The Morgan fingerprint density at radius 1 is 1.12 bits per heavy atom. The highest BCUT2D eigenvalue weighted by Crippen LogP contribution is 2.33. The molecule has 0 fully saturated rings. The predicted molar refractivity (Wildman–Crippen MR) is 109 cm³/mol. The summed E-state index contributed by atoms with van der Waals surface area (Å²) in [6.07, 6.45) is -4.32. The number of rotatable bonds is 4. The number of aromatic nitrogens is 1. The molecule has 0 saturated carbocycles. The molecule has 0 aliphatic rings. The molecular formula is C19H16F3IN2S. The maximum Gasteiger partial charge on any atom is 0.416 e. The summed E-state index contributed by atoms with van der Waals surface area (Å²) in [7, 11) is 2.02. The SMILES string of the molecule is Cc1nc(-c2ccc(C(F)(F)F)cc2)sc1CN(C)c1cccc(I)c1. The number of benzene rings is 2. The standard InChI is InChI=1S/C19H16F3IN2S/c1-12-17(11-25(2)16-5-3-4-15(23)10-16)26-18(24-12)13-6-8-14(9-7-13)19(20,21)22/h3-10H,11H2,1-2H3. The second-order valence-corrected chi connectivity index (χ2v) is 8.27. The molecule has 2 nitrogen and oxygen atoms in total. The number of anilines is 1. The zero-order valence-electron chi connectivity index (χ0n) is 14.1. The van der Waals surface area contributed by atoms with Crippen molar-refractivity contribution in [3.8, 4) is 10.6 Å². The van der Waals surface area contributed by atoms with Crippen molar-refractivity contribution >= 4 is 39.6 Å². The normalized spacial score (nSPS) is 11.6. The number of halogens is 4. The quantitative estimate of drug-likeness (QED) is 0.397. The monoisotopic (exact) mass is 488 g/mol. The third-order valence-electron chi connectivity index (χ3n) is 3.98. The van der Waals surface area contributed by atoms with Crippen LogP contribution in [0.4, 0.5) is 18.9 Å². The molecule has 26 heavy (non-hydrogen) atoms. The van der Waals surface area contributed by atoms with Crippen LogP contribution in [0.3, 0.4) is 0 Å². The lowest BCUT2D eigenvalue weighted by Gasteiger charge is -2.18. The Labute approximate surface area is 167 Å². The van der Waals surface area contributed by atoms with E-state index in [0.717, 1.165) is 33.4 Å². The van der Waals surface area contributed by atoms with Crippen LogP contribution in [0.1, 0.15) is 16.1 Å². The third-order valence-corrected chi connectivity index (χ3v) is 5.84. The van der Waals surface area contributed by atoms with Crippen LogP contribution in [0.5, 0.6) is 0 Å². The summed E-state index contributed by atoms with van der Waals surface area (Å²) in [5.74, 6) is 0. The Balaban J connectivity index is 1.81. The van der Waals surface area contributed by atoms with Gasteiger partial charge in [0.15, 0.2) is 0 Å². The number of nitrogens with zero attached hydrogens (tertiary/aromatic N) is 2. The highest BCUT2D eigenvalue weighted by molar-refractivity contribution is 14.1. The summed E-state index contributed by atoms with van der Waals surface area (Å²) in [6.45, 7) is 2.63. The molecule has 3 rings (SSSR count). The van der Waals surface area contributed by atoms with Crippen LogP contribution in [0.25, 0.3) is 10.6 Å². The van der Waals surface area contributed by atoms with Crippen LogP contribution < -0.4 is 4.90 Å². The van der Waals surface area contributed by atoms with E-state index in [0.29, 0.717) is 12.1 Å². The van der Waals surface area contributed by atoms with E-state index >= 15 is 0 Å². The lowest BCUT2D eigenvalue weighted by atomic mass is 10.1. The van der Waals surface area contributed by atoms with Gasteiger partial charge in [-0.3, -0.25) is 0 Å². The Morgan fingerprint density at radius 3 is 2.42 bits per heavy atom. The first kappa shape index (κ1) is 19.2. The Bertz CT molecular complexity index is 904. The second kappa shape index (κ2) is 7.56. The molecule has 0 N–H and O–H groups in total. The summed E-state index contributed by atoms with van der Waals surface area (Å²) in [6, 6.07) is 13.4. The van der Waals surface area contributed by atoms with E-state index in [9.17, 15) is 13.2 Å². The molecule has 3 aromatic rings. The number of hydrogen-bond donors (Lipinski definition) is 0.